The van der Waals surface area contributed by atoms with Gasteiger partial charge in [-0.05, 0) is 38.6 Å². The zero-order valence-electron chi connectivity index (χ0n) is 19.6. The van der Waals surface area contributed by atoms with Gasteiger partial charge in [-0.25, -0.2) is 0 Å². The zero-order chi connectivity index (χ0) is 23.6. The van der Waals surface area contributed by atoms with Crippen LogP contribution < -0.4 is 19.7 Å². The molecule has 8 heteroatoms. The van der Waals surface area contributed by atoms with Crippen LogP contribution in [-0.2, 0) is 16.1 Å². The lowest BCUT2D eigenvalue weighted by molar-refractivity contribution is -0.117. The molecule has 0 radical (unpaired) electrons. The molecule has 0 aromatic heterocycles. The Balaban J connectivity index is 1.74. The first-order valence-electron chi connectivity index (χ1n) is 11.3. The highest BCUT2D eigenvalue weighted by Crippen LogP contribution is 2.39. The fraction of sp³-hybridized carbons (Fsp3) is 0.440. The Morgan fingerprint density at radius 2 is 1.88 bits per heavy atom. The summed E-state index contributed by atoms with van der Waals surface area (Å²) in [5, 5.41) is 12.1. The number of nitriles is 1. The molecule has 0 bridgehead atoms. The highest BCUT2D eigenvalue weighted by molar-refractivity contribution is 5.94. The number of morpholine rings is 1. The molecule has 2 aromatic rings. The van der Waals surface area contributed by atoms with Crippen LogP contribution in [0.25, 0.3) is 0 Å². The van der Waals surface area contributed by atoms with Crippen molar-refractivity contribution in [2.75, 3.05) is 63.3 Å². The molecule has 1 amide bonds. The summed E-state index contributed by atoms with van der Waals surface area (Å²) in [6.45, 7) is 8.48. The van der Waals surface area contributed by atoms with Crippen LogP contribution >= 0.6 is 0 Å². The molecule has 0 unspecified atom stereocenters. The largest absolute Gasteiger partial charge is 0.492 e. The predicted molar refractivity (Wildman–Crippen MR) is 128 cm³/mol. The number of nitrogens with one attached hydrogen (secondary N) is 1. The van der Waals surface area contributed by atoms with Crippen molar-refractivity contribution >= 4 is 17.3 Å². The quantitative estimate of drug-likeness (QED) is 0.592. The van der Waals surface area contributed by atoms with E-state index in [1.807, 2.05) is 56.1 Å². The Morgan fingerprint density at radius 1 is 1.15 bits per heavy atom. The van der Waals surface area contributed by atoms with Crippen LogP contribution in [0, 0.1) is 11.3 Å². The SMILES string of the molecule is CCOc1cc(N2CCOCC2)c(OCC)cc1NC(=O)CN(C)Cc1cccc(C#N)c1. The number of ether oxygens (including phenoxy) is 3. The first kappa shape index (κ1) is 24.4. The smallest absolute Gasteiger partial charge is 0.238 e. The molecule has 3 rings (SSSR count). The summed E-state index contributed by atoms with van der Waals surface area (Å²) in [5.41, 5.74) is 3.11. The van der Waals surface area contributed by atoms with Gasteiger partial charge in [-0.15, -0.1) is 0 Å². The Morgan fingerprint density at radius 3 is 2.58 bits per heavy atom. The third-order valence-electron chi connectivity index (χ3n) is 5.21. The number of nitrogens with zero attached hydrogens (tertiary/aromatic N) is 3. The van der Waals surface area contributed by atoms with Gasteiger partial charge in [0.1, 0.15) is 11.5 Å². The Labute approximate surface area is 195 Å². The van der Waals surface area contributed by atoms with Crippen molar-refractivity contribution in [3.63, 3.8) is 0 Å². The maximum Gasteiger partial charge on any atom is 0.238 e. The lowest BCUT2D eigenvalue weighted by atomic mass is 10.1. The van der Waals surface area contributed by atoms with E-state index in [1.165, 1.54) is 0 Å². The molecule has 1 aliphatic heterocycles. The molecule has 1 N–H and O–H groups in total. The third kappa shape index (κ3) is 6.85. The van der Waals surface area contributed by atoms with Crippen molar-refractivity contribution in [3.8, 4) is 17.6 Å². The molecule has 33 heavy (non-hydrogen) atoms. The van der Waals surface area contributed by atoms with Crippen molar-refractivity contribution in [3.05, 3.63) is 47.5 Å². The summed E-state index contributed by atoms with van der Waals surface area (Å²) < 4.78 is 17.2. The van der Waals surface area contributed by atoms with Gasteiger partial charge < -0.3 is 24.4 Å². The average molecular weight is 453 g/mol. The molecule has 0 saturated carbocycles. The molecule has 0 atom stereocenters. The Hall–Kier alpha value is -3.28. The summed E-state index contributed by atoms with van der Waals surface area (Å²) in [5.74, 6) is 1.16. The second kappa shape index (κ2) is 12.1. The molecule has 8 nitrogen and oxygen atoms in total. The van der Waals surface area contributed by atoms with Gasteiger partial charge in [0, 0.05) is 31.8 Å². The molecule has 1 heterocycles. The van der Waals surface area contributed by atoms with Crippen LogP contribution in [0.15, 0.2) is 36.4 Å². The lowest BCUT2D eigenvalue weighted by Crippen LogP contribution is -2.36. The van der Waals surface area contributed by atoms with Crippen LogP contribution in [0.1, 0.15) is 25.0 Å². The van der Waals surface area contributed by atoms with Gasteiger partial charge in [0.15, 0.2) is 0 Å². The minimum atomic E-state index is -0.156. The van der Waals surface area contributed by atoms with E-state index in [-0.39, 0.29) is 12.5 Å². The number of anilines is 2. The van der Waals surface area contributed by atoms with Crippen molar-refractivity contribution in [2.24, 2.45) is 0 Å². The summed E-state index contributed by atoms with van der Waals surface area (Å²) in [7, 11) is 1.87. The summed E-state index contributed by atoms with van der Waals surface area (Å²) in [6, 6.07) is 13.3. The van der Waals surface area contributed by atoms with E-state index in [2.05, 4.69) is 16.3 Å². The van der Waals surface area contributed by atoms with E-state index in [1.54, 1.807) is 6.07 Å². The van der Waals surface area contributed by atoms with Crippen molar-refractivity contribution < 1.29 is 19.0 Å². The molecule has 176 valence electrons. The van der Waals surface area contributed by atoms with Crippen LogP contribution in [0.5, 0.6) is 11.5 Å². The molecule has 1 fully saturated rings. The lowest BCUT2D eigenvalue weighted by Gasteiger charge is -2.31. The van der Waals surface area contributed by atoms with Gasteiger partial charge in [-0.3, -0.25) is 9.69 Å². The highest BCUT2D eigenvalue weighted by Gasteiger charge is 2.20. The Kier molecular flexibility index (Phi) is 8.93. The van der Waals surface area contributed by atoms with Crippen LogP contribution in [0.2, 0.25) is 0 Å². The minimum Gasteiger partial charge on any atom is -0.492 e. The van der Waals surface area contributed by atoms with Gasteiger partial charge in [-0.1, -0.05) is 12.1 Å². The molecule has 1 saturated heterocycles. The monoisotopic (exact) mass is 452 g/mol. The highest BCUT2D eigenvalue weighted by atomic mass is 16.5. The van der Waals surface area contributed by atoms with Crippen molar-refractivity contribution in [2.45, 2.75) is 20.4 Å². The fourth-order valence-electron chi connectivity index (χ4n) is 3.79. The predicted octanol–water partition coefficient (Wildman–Crippen LogP) is 3.26. The van der Waals surface area contributed by atoms with E-state index in [4.69, 9.17) is 19.5 Å². The number of hydrogen-bond donors (Lipinski definition) is 1. The molecular formula is C25H32N4O4. The van der Waals surface area contributed by atoms with E-state index >= 15 is 0 Å². The third-order valence-corrected chi connectivity index (χ3v) is 5.21. The number of hydrogen-bond acceptors (Lipinski definition) is 7. The van der Waals surface area contributed by atoms with Gasteiger partial charge in [0.25, 0.3) is 0 Å². The number of rotatable bonds is 10. The maximum absolute atomic E-state index is 12.8. The summed E-state index contributed by atoms with van der Waals surface area (Å²) >= 11 is 0. The normalized spacial score (nSPS) is 13.5. The summed E-state index contributed by atoms with van der Waals surface area (Å²) in [6.07, 6.45) is 0. The average Bonchev–Trinajstić information content (AvgIpc) is 2.81. The molecule has 0 aliphatic carbocycles. The van der Waals surface area contributed by atoms with E-state index in [0.717, 1.165) is 24.3 Å². The molecule has 0 spiro atoms. The first-order chi connectivity index (χ1) is 16.0. The summed E-state index contributed by atoms with van der Waals surface area (Å²) in [4.78, 5) is 16.9. The van der Waals surface area contributed by atoms with Crippen LogP contribution in [-0.4, -0.2) is 63.9 Å². The van der Waals surface area contributed by atoms with Crippen molar-refractivity contribution in [1.82, 2.24) is 4.90 Å². The van der Waals surface area contributed by atoms with Gasteiger partial charge in [0.05, 0.1) is 56.0 Å². The second-order valence-corrected chi connectivity index (χ2v) is 7.81. The number of likely N-dealkylation sites (N-methyl/N-ethyl adjacent to an activating group) is 1. The zero-order valence-corrected chi connectivity index (χ0v) is 19.6. The molecule has 1 aliphatic rings. The number of carbonyl (C=O) groups excluding carboxylic acids is 1. The van der Waals surface area contributed by atoms with Gasteiger partial charge in [-0.2, -0.15) is 5.26 Å². The van der Waals surface area contributed by atoms with Crippen LogP contribution in [0.4, 0.5) is 11.4 Å². The minimum absolute atomic E-state index is 0.156. The first-order valence-corrected chi connectivity index (χ1v) is 11.3. The van der Waals surface area contributed by atoms with Gasteiger partial charge in [0.2, 0.25) is 5.91 Å². The number of carbonyl (C=O) groups is 1. The Bertz CT molecular complexity index is 983. The number of amides is 1. The topological polar surface area (TPSA) is 87.1 Å². The second-order valence-electron chi connectivity index (χ2n) is 7.81. The van der Waals surface area contributed by atoms with E-state index in [0.29, 0.717) is 55.7 Å². The van der Waals surface area contributed by atoms with E-state index in [9.17, 15) is 4.79 Å². The fourth-order valence-corrected chi connectivity index (χ4v) is 3.79. The van der Waals surface area contributed by atoms with Crippen molar-refractivity contribution in [1.29, 1.82) is 5.26 Å². The van der Waals surface area contributed by atoms with Crippen LogP contribution in [0.3, 0.4) is 0 Å². The van der Waals surface area contributed by atoms with Gasteiger partial charge >= 0.3 is 0 Å². The maximum atomic E-state index is 12.8. The number of benzene rings is 2. The molecule has 2 aromatic carbocycles. The molecular weight excluding hydrogens is 420 g/mol. The van der Waals surface area contributed by atoms with E-state index < -0.39 is 0 Å². The standard InChI is InChI=1S/C25H32N4O4/c1-4-32-23-15-22(29-9-11-31-12-10-29)24(33-5-2)14-21(23)27-25(30)18-28(3)17-20-8-6-7-19(13-20)16-26/h6-8,13-15H,4-5,9-12,17-18H2,1-3H3,(H,27,30).